The van der Waals surface area contributed by atoms with E-state index in [4.69, 9.17) is 0 Å². The number of carbonyl (C=O) groups is 2. The van der Waals surface area contributed by atoms with Crippen LogP contribution >= 0.6 is 0 Å². The molecule has 1 atom stereocenters. The molecule has 1 aromatic heterocycles. The molecule has 0 saturated heterocycles. The number of rotatable bonds is 6. The lowest BCUT2D eigenvalue weighted by atomic mass is 9.97. The molecule has 3 heterocycles. The Kier molecular flexibility index (Phi) is 6.38. The number of β-amino-alcohol motifs (C(OH)–C–C–N with tert-alkyl or cyclic N) is 1. The van der Waals surface area contributed by atoms with Gasteiger partial charge in [0.1, 0.15) is 0 Å². The first-order chi connectivity index (χ1) is 16.6. The summed E-state index contributed by atoms with van der Waals surface area (Å²) in [5, 5.41) is 13.6. The van der Waals surface area contributed by atoms with Crippen LogP contribution in [-0.2, 0) is 19.4 Å². The van der Waals surface area contributed by atoms with Crippen molar-refractivity contribution in [2.75, 3.05) is 31.5 Å². The number of carbonyl (C=O) groups excluding carboxylic acids is 2. The van der Waals surface area contributed by atoms with Crippen molar-refractivity contribution in [3.8, 4) is 0 Å². The van der Waals surface area contributed by atoms with Gasteiger partial charge in [0.05, 0.1) is 6.10 Å². The quantitative estimate of drug-likeness (QED) is 0.596. The number of hydrogen-bond acceptors (Lipinski definition) is 5. The zero-order chi connectivity index (χ0) is 23.5. The van der Waals surface area contributed by atoms with Gasteiger partial charge in [0.2, 0.25) is 0 Å². The number of aromatic nitrogens is 1. The fourth-order valence-corrected chi connectivity index (χ4v) is 4.82. The Labute approximate surface area is 199 Å². The van der Waals surface area contributed by atoms with Crippen LogP contribution in [0.25, 0.3) is 0 Å². The standard InChI is InChI=1S/C27H28N4O3/c32-24(17-30-13-9-19-3-1-2-4-22(19)16-30)18-31-14-10-21-15-23(5-6-25(21)27(31)34)29-26(33)20-7-11-28-12-8-20/h1-8,11-12,15,24,32H,9-10,13-14,16-18H2,(H,29,33). The van der Waals surface area contributed by atoms with Crippen molar-refractivity contribution in [1.29, 1.82) is 0 Å². The van der Waals surface area contributed by atoms with E-state index >= 15 is 0 Å². The maximum Gasteiger partial charge on any atom is 0.255 e. The summed E-state index contributed by atoms with van der Waals surface area (Å²) in [6.07, 6.45) is 4.22. The van der Waals surface area contributed by atoms with Gasteiger partial charge in [0, 0.05) is 61.9 Å². The molecule has 2 N–H and O–H groups in total. The third-order valence-corrected chi connectivity index (χ3v) is 6.58. The van der Waals surface area contributed by atoms with Gasteiger partial charge in [-0.25, -0.2) is 0 Å². The smallest absolute Gasteiger partial charge is 0.255 e. The van der Waals surface area contributed by atoms with Crippen molar-refractivity contribution in [2.45, 2.75) is 25.5 Å². The van der Waals surface area contributed by atoms with E-state index in [0.29, 0.717) is 42.9 Å². The van der Waals surface area contributed by atoms with E-state index in [9.17, 15) is 14.7 Å². The van der Waals surface area contributed by atoms with Crippen LogP contribution in [0.15, 0.2) is 67.0 Å². The van der Waals surface area contributed by atoms with Crippen LogP contribution in [-0.4, -0.2) is 64.0 Å². The second-order valence-corrected chi connectivity index (χ2v) is 8.97. The molecule has 0 radical (unpaired) electrons. The summed E-state index contributed by atoms with van der Waals surface area (Å²) in [6.45, 7) is 3.16. The van der Waals surface area contributed by atoms with Crippen molar-refractivity contribution in [3.05, 3.63) is 94.8 Å². The Balaban J connectivity index is 1.18. The van der Waals surface area contributed by atoms with Gasteiger partial charge in [-0.1, -0.05) is 24.3 Å². The van der Waals surface area contributed by atoms with Crippen molar-refractivity contribution in [2.24, 2.45) is 0 Å². The maximum absolute atomic E-state index is 13.1. The molecule has 2 aliphatic rings. The van der Waals surface area contributed by atoms with Crippen LogP contribution in [0.3, 0.4) is 0 Å². The van der Waals surface area contributed by atoms with Gasteiger partial charge in [-0.05, 0) is 59.9 Å². The highest BCUT2D eigenvalue weighted by molar-refractivity contribution is 6.04. The lowest BCUT2D eigenvalue weighted by Crippen LogP contribution is -2.46. The minimum atomic E-state index is -0.602. The van der Waals surface area contributed by atoms with Crippen LogP contribution in [0.4, 0.5) is 5.69 Å². The van der Waals surface area contributed by atoms with E-state index in [1.807, 2.05) is 6.07 Å². The molecular formula is C27H28N4O3. The zero-order valence-electron chi connectivity index (χ0n) is 19.0. The fraction of sp³-hybridized carbons (Fsp3) is 0.296. The number of pyridine rings is 1. The van der Waals surface area contributed by atoms with Crippen LogP contribution in [0.1, 0.15) is 37.4 Å². The first-order valence-electron chi connectivity index (χ1n) is 11.7. The van der Waals surface area contributed by atoms with Crippen molar-refractivity contribution >= 4 is 17.5 Å². The van der Waals surface area contributed by atoms with Crippen molar-refractivity contribution in [1.82, 2.24) is 14.8 Å². The third kappa shape index (κ3) is 4.85. The topological polar surface area (TPSA) is 85.8 Å². The molecule has 7 heteroatoms. The van der Waals surface area contributed by atoms with Crippen molar-refractivity contribution in [3.63, 3.8) is 0 Å². The van der Waals surface area contributed by atoms with Crippen molar-refractivity contribution < 1.29 is 14.7 Å². The molecule has 5 rings (SSSR count). The minimum absolute atomic E-state index is 0.0729. The van der Waals surface area contributed by atoms with Gasteiger partial charge >= 0.3 is 0 Å². The molecule has 7 nitrogen and oxygen atoms in total. The second kappa shape index (κ2) is 9.75. The van der Waals surface area contributed by atoms with Crippen LogP contribution in [0, 0.1) is 0 Å². The number of anilines is 1. The Hall–Kier alpha value is -3.55. The van der Waals surface area contributed by atoms with Gasteiger partial charge in [0.25, 0.3) is 11.8 Å². The molecule has 0 spiro atoms. The molecule has 0 saturated carbocycles. The fourth-order valence-electron chi connectivity index (χ4n) is 4.82. The van der Waals surface area contributed by atoms with E-state index < -0.39 is 6.10 Å². The molecule has 0 fully saturated rings. The summed E-state index contributed by atoms with van der Waals surface area (Å²) >= 11 is 0. The van der Waals surface area contributed by atoms with Gasteiger partial charge < -0.3 is 15.3 Å². The summed E-state index contributed by atoms with van der Waals surface area (Å²) in [4.78, 5) is 33.4. The van der Waals surface area contributed by atoms with Crippen LogP contribution < -0.4 is 5.32 Å². The Morgan fingerprint density at radius 1 is 0.971 bits per heavy atom. The van der Waals surface area contributed by atoms with Gasteiger partial charge in [-0.15, -0.1) is 0 Å². The molecule has 2 aliphatic heterocycles. The van der Waals surface area contributed by atoms with E-state index in [1.165, 1.54) is 11.1 Å². The number of amides is 2. The lowest BCUT2D eigenvalue weighted by molar-refractivity contribution is 0.0493. The third-order valence-electron chi connectivity index (χ3n) is 6.58. The summed E-state index contributed by atoms with van der Waals surface area (Å²) in [5.74, 6) is -0.286. The number of aliphatic hydroxyl groups excluding tert-OH is 1. The molecule has 174 valence electrons. The number of nitrogens with zero attached hydrogens (tertiary/aromatic N) is 3. The molecule has 3 aromatic rings. The molecule has 34 heavy (non-hydrogen) atoms. The number of benzene rings is 2. The van der Waals surface area contributed by atoms with Gasteiger partial charge in [0.15, 0.2) is 0 Å². The van der Waals surface area contributed by atoms with Gasteiger partial charge in [-0.3, -0.25) is 19.5 Å². The largest absolute Gasteiger partial charge is 0.390 e. The first-order valence-corrected chi connectivity index (χ1v) is 11.7. The molecule has 1 unspecified atom stereocenters. The Bertz CT molecular complexity index is 1200. The number of aliphatic hydroxyl groups is 1. The van der Waals surface area contributed by atoms with E-state index in [0.717, 1.165) is 25.1 Å². The highest BCUT2D eigenvalue weighted by Crippen LogP contribution is 2.24. The summed E-state index contributed by atoms with van der Waals surface area (Å²) in [7, 11) is 0. The Morgan fingerprint density at radius 3 is 2.56 bits per heavy atom. The summed E-state index contributed by atoms with van der Waals surface area (Å²) in [5.41, 5.74) is 5.43. The summed E-state index contributed by atoms with van der Waals surface area (Å²) in [6, 6.07) is 17.1. The predicted octanol–water partition coefficient (Wildman–Crippen LogP) is 2.75. The average molecular weight is 457 g/mol. The predicted molar refractivity (Wildman–Crippen MR) is 130 cm³/mol. The highest BCUT2D eigenvalue weighted by atomic mass is 16.3. The number of hydrogen-bond donors (Lipinski definition) is 2. The SMILES string of the molecule is O=C(Nc1ccc2c(c1)CCN(CC(O)CN1CCc3ccccc3C1)C2=O)c1ccncc1. The van der Waals surface area contributed by atoms with E-state index in [2.05, 4.69) is 39.5 Å². The number of fused-ring (bicyclic) bond motifs is 2. The van der Waals surface area contributed by atoms with Gasteiger partial charge in [-0.2, -0.15) is 0 Å². The molecular weight excluding hydrogens is 428 g/mol. The second-order valence-electron chi connectivity index (χ2n) is 8.97. The first kappa shape index (κ1) is 22.3. The molecule has 0 aliphatic carbocycles. The summed E-state index contributed by atoms with van der Waals surface area (Å²) < 4.78 is 0. The van der Waals surface area contributed by atoms with Crippen LogP contribution in [0.5, 0.6) is 0 Å². The monoisotopic (exact) mass is 456 g/mol. The maximum atomic E-state index is 13.1. The molecule has 2 amide bonds. The zero-order valence-corrected chi connectivity index (χ0v) is 19.0. The minimum Gasteiger partial charge on any atom is -0.390 e. The number of nitrogens with one attached hydrogen (secondary N) is 1. The normalized spacial score (nSPS) is 16.5. The molecule has 0 bridgehead atoms. The van der Waals surface area contributed by atoms with Crippen LogP contribution in [0.2, 0.25) is 0 Å². The lowest BCUT2D eigenvalue weighted by Gasteiger charge is -2.34. The van der Waals surface area contributed by atoms with E-state index in [-0.39, 0.29) is 11.8 Å². The Morgan fingerprint density at radius 2 is 1.74 bits per heavy atom. The average Bonchev–Trinajstić information content (AvgIpc) is 2.86. The highest BCUT2D eigenvalue weighted by Gasteiger charge is 2.27. The van der Waals surface area contributed by atoms with E-state index in [1.54, 1.807) is 41.6 Å². The molecule has 2 aromatic carbocycles.